The molecule has 0 unspecified atom stereocenters. The molecule has 0 saturated carbocycles. The first-order valence-electron chi connectivity index (χ1n) is 11.7. The van der Waals surface area contributed by atoms with Crippen molar-refractivity contribution in [3.05, 3.63) is 123 Å². The van der Waals surface area contributed by atoms with Crippen LogP contribution in [-0.2, 0) is 6.54 Å². The molecule has 5 heteroatoms. The van der Waals surface area contributed by atoms with E-state index in [-0.39, 0.29) is 5.56 Å². The minimum absolute atomic E-state index is 0.0102. The molecule has 0 amide bonds. The highest BCUT2D eigenvalue weighted by Crippen LogP contribution is 2.29. The van der Waals surface area contributed by atoms with Gasteiger partial charge in [0.05, 0.1) is 15.6 Å². The van der Waals surface area contributed by atoms with Crippen molar-refractivity contribution >= 4 is 55.1 Å². The first kappa shape index (κ1) is 20.2. The van der Waals surface area contributed by atoms with Crippen LogP contribution in [0, 0.1) is 6.92 Å². The first-order chi connectivity index (χ1) is 17.2. The fourth-order valence-corrected chi connectivity index (χ4v) is 6.16. The number of hydrogen-bond donors (Lipinski definition) is 0. The Morgan fingerprint density at radius 1 is 0.829 bits per heavy atom. The fraction of sp³-hybridized carbons (Fsp3) is 0.0667. The van der Waals surface area contributed by atoms with Crippen LogP contribution in [0.5, 0.6) is 0 Å². The van der Waals surface area contributed by atoms with Crippen LogP contribution >= 0.6 is 11.3 Å². The zero-order valence-electron chi connectivity index (χ0n) is 19.1. The van der Waals surface area contributed by atoms with E-state index in [4.69, 9.17) is 0 Å². The van der Waals surface area contributed by atoms with Gasteiger partial charge in [-0.05, 0) is 47.5 Å². The van der Waals surface area contributed by atoms with Gasteiger partial charge < -0.3 is 4.57 Å². The van der Waals surface area contributed by atoms with E-state index in [0.29, 0.717) is 4.53 Å². The van der Waals surface area contributed by atoms with E-state index in [9.17, 15) is 4.79 Å². The Hall–Kier alpha value is -4.22. The summed E-state index contributed by atoms with van der Waals surface area (Å²) in [5.74, 6) is 0. The van der Waals surface area contributed by atoms with Crippen LogP contribution in [0.25, 0.3) is 43.7 Å². The topological polar surface area (TPSA) is 39.3 Å². The largest absolute Gasteiger partial charge is 0.340 e. The molecule has 0 aliphatic carbocycles. The Morgan fingerprint density at radius 3 is 2.43 bits per heavy atom. The van der Waals surface area contributed by atoms with Gasteiger partial charge in [0.2, 0.25) is 0 Å². The summed E-state index contributed by atoms with van der Waals surface area (Å²) < 4.78 is 4.80. The van der Waals surface area contributed by atoms with Crippen LogP contribution in [0.3, 0.4) is 0 Å². The molecule has 0 N–H and O–H groups in total. The smallest absolute Gasteiger partial charge is 0.274 e. The molecule has 4 aromatic carbocycles. The van der Waals surface area contributed by atoms with Gasteiger partial charge in [-0.1, -0.05) is 84.1 Å². The molecular formula is C30H21N3OS. The second-order valence-electron chi connectivity index (χ2n) is 8.87. The molecule has 3 heterocycles. The SMILES string of the molecule is Cc1c(/C=c2\sc3nc4ccccc4n3c2=O)c2ccccc2n1Cc1cccc2ccccc12. The van der Waals surface area contributed by atoms with Gasteiger partial charge >= 0.3 is 0 Å². The number of imidazole rings is 1. The van der Waals surface area contributed by atoms with Crippen molar-refractivity contribution in [1.29, 1.82) is 0 Å². The van der Waals surface area contributed by atoms with Crippen LogP contribution in [0.1, 0.15) is 16.8 Å². The number of fused-ring (bicyclic) bond motifs is 5. The Bertz CT molecular complexity index is 2020. The lowest BCUT2D eigenvalue weighted by molar-refractivity contribution is 0.809. The average molecular weight is 472 g/mol. The van der Waals surface area contributed by atoms with E-state index in [2.05, 4.69) is 83.2 Å². The lowest BCUT2D eigenvalue weighted by Gasteiger charge is -2.11. The van der Waals surface area contributed by atoms with E-state index in [1.165, 1.54) is 33.2 Å². The van der Waals surface area contributed by atoms with E-state index >= 15 is 0 Å². The maximum Gasteiger partial charge on any atom is 0.274 e. The summed E-state index contributed by atoms with van der Waals surface area (Å²) >= 11 is 1.45. The molecule has 3 aromatic heterocycles. The lowest BCUT2D eigenvalue weighted by atomic mass is 10.0. The molecule has 0 spiro atoms. The van der Waals surface area contributed by atoms with Crippen LogP contribution in [0.4, 0.5) is 0 Å². The van der Waals surface area contributed by atoms with Crippen LogP contribution in [0.15, 0.2) is 95.8 Å². The van der Waals surface area contributed by atoms with Gasteiger partial charge in [0.1, 0.15) is 0 Å². The highest BCUT2D eigenvalue weighted by Gasteiger charge is 2.16. The standard InChI is InChI=1S/C30H21N3OS/c1-19-24(17-28-29(34)33-27-16-7-5-14-25(27)31-30(33)35-28)23-13-4-6-15-26(23)32(19)18-21-11-8-10-20-9-2-3-12-22(20)21/h2-17H,18H2,1H3/b28-17-. The third-order valence-electron chi connectivity index (χ3n) is 6.91. The zero-order chi connectivity index (χ0) is 23.5. The van der Waals surface area contributed by atoms with Crippen LogP contribution in [-0.4, -0.2) is 14.0 Å². The molecule has 0 aliphatic rings. The van der Waals surface area contributed by atoms with Crippen molar-refractivity contribution in [2.24, 2.45) is 0 Å². The van der Waals surface area contributed by atoms with Crippen molar-refractivity contribution < 1.29 is 0 Å². The predicted molar refractivity (Wildman–Crippen MR) is 145 cm³/mol. The maximum atomic E-state index is 13.4. The number of hydrogen-bond acceptors (Lipinski definition) is 3. The highest BCUT2D eigenvalue weighted by atomic mass is 32.1. The van der Waals surface area contributed by atoms with E-state index in [1.807, 2.05) is 30.3 Å². The van der Waals surface area contributed by atoms with Gasteiger partial charge in [0, 0.05) is 28.7 Å². The average Bonchev–Trinajstić information content (AvgIpc) is 3.49. The second kappa shape index (κ2) is 7.65. The number of benzene rings is 4. The Kier molecular flexibility index (Phi) is 4.41. The van der Waals surface area contributed by atoms with E-state index in [0.717, 1.165) is 39.2 Å². The van der Waals surface area contributed by atoms with Gasteiger partial charge in [0.15, 0.2) is 4.96 Å². The molecule has 0 aliphatic heterocycles. The van der Waals surface area contributed by atoms with Gasteiger partial charge in [-0.25, -0.2) is 9.38 Å². The second-order valence-corrected chi connectivity index (χ2v) is 9.88. The Labute approximate surface area is 205 Å². The van der Waals surface area contributed by atoms with Gasteiger partial charge in [-0.2, -0.15) is 0 Å². The van der Waals surface area contributed by atoms with Crippen molar-refractivity contribution in [2.75, 3.05) is 0 Å². The van der Waals surface area contributed by atoms with Crippen LogP contribution in [0.2, 0.25) is 0 Å². The van der Waals surface area contributed by atoms with E-state index in [1.54, 1.807) is 4.40 Å². The van der Waals surface area contributed by atoms with Crippen molar-refractivity contribution in [3.8, 4) is 0 Å². The summed E-state index contributed by atoms with van der Waals surface area (Å²) in [5, 5.41) is 3.67. The molecular weight excluding hydrogens is 450 g/mol. The number of rotatable bonds is 3. The highest BCUT2D eigenvalue weighted by molar-refractivity contribution is 7.15. The summed E-state index contributed by atoms with van der Waals surface area (Å²) in [6.07, 6.45) is 2.05. The molecule has 0 saturated heterocycles. The molecule has 7 rings (SSSR count). The maximum absolute atomic E-state index is 13.4. The number of aromatic nitrogens is 3. The molecule has 0 atom stereocenters. The molecule has 7 aromatic rings. The predicted octanol–water partition coefficient (Wildman–Crippen LogP) is 5.92. The molecule has 0 radical (unpaired) electrons. The monoisotopic (exact) mass is 471 g/mol. The summed E-state index contributed by atoms with van der Waals surface area (Å²) in [6, 6.07) is 31.3. The summed E-state index contributed by atoms with van der Waals surface area (Å²) in [4.78, 5) is 18.8. The number of nitrogens with zero attached hydrogens (tertiary/aromatic N) is 3. The molecule has 0 bridgehead atoms. The lowest BCUT2D eigenvalue weighted by Crippen LogP contribution is -2.22. The van der Waals surface area contributed by atoms with Crippen LogP contribution < -0.4 is 10.1 Å². The summed E-state index contributed by atoms with van der Waals surface area (Å²) in [6.45, 7) is 2.92. The third kappa shape index (κ3) is 3.05. The quantitative estimate of drug-likeness (QED) is 0.321. The summed E-state index contributed by atoms with van der Waals surface area (Å²) in [7, 11) is 0. The molecule has 168 valence electrons. The fourth-order valence-electron chi connectivity index (χ4n) is 5.19. The molecule has 35 heavy (non-hydrogen) atoms. The zero-order valence-corrected chi connectivity index (χ0v) is 19.9. The Morgan fingerprint density at radius 2 is 1.54 bits per heavy atom. The van der Waals surface area contributed by atoms with Gasteiger partial charge in [-0.15, -0.1) is 0 Å². The molecule has 0 fully saturated rings. The minimum Gasteiger partial charge on any atom is -0.340 e. The van der Waals surface area contributed by atoms with Crippen molar-refractivity contribution in [1.82, 2.24) is 14.0 Å². The third-order valence-corrected chi connectivity index (χ3v) is 7.88. The normalized spacial score (nSPS) is 12.5. The van der Waals surface area contributed by atoms with E-state index < -0.39 is 0 Å². The first-order valence-corrected chi connectivity index (χ1v) is 12.5. The number of para-hydroxylation sites is 3. The number of thiazole rings is 1. The summed E-state index contributed by atoms with van der Waals surface area (Å²) in [5.41, 5.74) is 6.39. The Balaban J connectivity index is 1.44. The van der Waals surface area contributed by atoms with Gasteiger partial charge in [0.25, 0.3) is 5.56 Å². The van der Waals surface area contributed by atoms with Gasteiger partial charge in [-0.3, -0.25) is 4.79 Å². The van der Waals surface area contributed by atoms with Crippen molar-refractivity contribution in [3.63, 3.8) is 0 Å². The molecule has 4 nitrogen and oxygen atoms in total. The van der Waals surface area contributed by atoms with Crippen molar-refractivity contribution in [2.45, 2.75) is 13.5 Å². The minimum atomic E-state index is -0.0102.